The van der Waals surface area contributed by atoms with Crippen molar-refractivity contribution in [3.05, 3.63) is 30.0 Å². The van der Waals surface area contributed by atoms with Crippen LogP contribution in [0.4, 0.5) is 10.6 Å². The van der Waals surface area contributed by atoms with E-state index in [1.54, 1.807) is 18.3 Å². The van der Waals surface area contributed by atoms with Crippen LogP contribution < -0.4 is 4.90 Å². The maximum Gasteiger partial charge on any atom is 0.407 e. The van der Waals surface area contributed by atoms with Crippen molar-refractivity contribution in [2.45, 2.75) is 0 Å². The summed E-state index contributed by atoms with van der Waals surface area (Å²) < 4.78 is 4.54. The maximum atomic E-state index is 11.1. The zero-order valence-electron chi connectivity index (χ0n) is 11.7. The Bertz CT molecular complexity index is 551. The minimum absolute atomic E-state index is 0.413. The second-order valence-corrected chi connectivity index (χ2v) is 4.56. The molecule has 0 spiro atoms. The minimum Gasteiger partial charge on any atom is -0.466 e. The lowest BCUT2D eigenvalue weighted by molar-refractivity contribution is -0.134. The van der Waals surface area contributed by atoms with Gasteiger partial charge in [0.25, 0.3) is 0 Å². The fraction of sp³-hybridized carbons (Fsp3) is 0.357. The Morgan fingerprint density at radius 2 is 2.05 bits per heavy atom. The molecule has 0 aromatic carbocycles. The molecule has 1 fully saturated rings. The topological polar surface area (TPSA) is 83.0 Å². The number of piperazine rings is 1. The smallest absolute Gasteiger partial charge is 0.407 e. The van der Waals surface area contributed by atoms with Crippen LogP contribution in [0.1, 0.15) is 5.56 Å². The number of nitrogens with zero attached hydrogens (tertiary/aromatic N) is 3. The fourth-order valence-corrected chi connectivity index (χ4v) is 2.07. The Morgan fingerprint density at radius 3 is 2.67 bits per heavy atom. The van der Waals surface area contributed by atoms with Crippen molar-refractivity contribution in [1.82, 2.24) is 9.88 Å². The first-order valence-electron chi connectivity index (χ1n) is 6.55. The fourth-order valence-electron chi connectivity index (χ4n) is 2.07. The van der Waals surface area contributed by atoms with Crippen LogP contribution in [-0.2, 0) is 9.53 Å². The molecule has 0 unspecified atom stereocenters. The molecule has 1 aliphatic rings. The number of carbonyl (C=O) groups is 2. The Balaban J connectivity index is 2.03. The average Bonchev–Trinajstić information content (AvgIpc) is 2.53. The quantitative estimate of drug-likeness (QED) is 0.662. The second kappa shape index (κ2) is 6.74. The Hall–Kier alpha value is -2.57. The number of aromatic nitrogens is 1. The minimum atomic E-state index is -0.891. The summed E-state index contributed by atoms with van der Waals surface area (Å²) >= 11 is 0. The predicted molar refractivity (Wildman–Crippen MR) is 77.1 cm³/mol. The van der Waals surface area contributed by atoms with Gasteiger partial charge in [0.1, 0.15) is 5.82 Å². The first-order chi connectivity index (χ1) is 10.1. The number of carbonyl (C=O) groups excluding carboxylic acids is 1. The largest absolute Gasteiger partial charge is 0.466 e. The van der Waals surface area contributed by atoms with Gasteiger partial charge < -0.3 is 19.6 Å². The second-order valence-electron chi connectivity index (χ2n) is 4.56. The summed E-state index contributed by atoms with van der Waals surface area (Å²) in [5, 5.41) is 8.92. The zero-order valence-corrected chi connectivity index (χ0v) is 11.7. The first-order valence-corrected chi connectivity index (χ1v) is 6.55. The van der Waals surface area contributed by atoms with Crippen molar-refractivity contribution in [3.8, 4) is 0 Å². The standard InChI is InChI=1S/C14H17N3O4/c1-21-13(18)3-2-11-4-5-15-12(10-11)16-6-8-17(9-7-16)14(19)20/h2-5,10H,6-9H2,1H3,(H,19,20). The number of anilines is 1. The van der Waals surface area contributed by atoms with Crippen LogP contribution in [0, 0.1) is 0 Å². The number of carboxylic acid groups (broad SMARTS) is 1. The van der Waals surface area contributed by atoms with Gasteiger partial charge in [-0.1, -0.05) is 0 Å². The number of ether oxygens (including phenoxy) is 1. The van der Waals surface area contributed by atoms with Crippen molar-refractivity contribution >= 4 is 24.0 Å². The van der Waals surface area contributed by atoms with Crippen LogP contribution in [-0.4, -0.2) is 60.3 Å². The molecule has 7 nitrogen and oxygen atoms in total. The molecule has 0 bridgehead atoms. The number of amides is 1. The highest BCUT2D eigenvalue weighted by Crippen LogP contribution is 2.16. The lowest BCUT2D eigenvalue weighted by Gasteiger charge is -2.33. The molecular weight excluding hydrogens is 274 g/mol. The lowest BCUT2D eigenvalue weighted by atomic mass is 10.2. The molecule has 1 N–H and O–H groups in total. The molecule has 1 aliphatic heterocycles. The van der Waals surface area contributed by atoms with Crippen LogP contribution >= 0.6 is 0 Å². The summed E-state index contributed by atoms with van der Waals surface area (Å²) in [5.74, 6) is 0.357. The number of methoxy groups -OCH3 is 1. The van der Waals surface area contributed by atoms with E-state index >= 15 is 0 Å². The molecular formula is C14H17N3O4. The highest BCUT2D eigenvalue weighted by atomic mass is 16.5. The summed E-state index contributed by atoms with van der Waals surface area (Å²) in [4.78, 5) is 29.6. The Morgan fingerprint density at radius 1 is 1.33 bits per heavy atom. The summed E-state index contributed by atoms with van der Waals surface area (Å²) in [7, 11) is 1.33. The molecule has 2 heterocycles. The van der Waals surface area contributed by atoms with Gasteiger partial charge in [-0.05, 0) is 23.8 Å². The molecule has 112 valence electrons. The molecule has 21 heavy (non-hydrogen) atoms. The van der Waals surface area contributed by atoms with E-state index < -0.39 is 12.1 Å². The Kier molecular flexibility index (Phi) is 4.76. The summed E-state index contributed by atoms with van der Waals surface area (Å²) in [6.07, 6.45) is 3.78. The lowest BCUT2D eigenvalue weighted by Crippen LogP contribution is -2.48. The van der Waals surface area contributed by atoms with Crippen LogP contribution in [0.3, 0.4) is 0 Å². The van der Waals surface area contributed by atoms with Gasteiger partial charge in [-0.25, -0.2) is 14.6 Å². The van der Waals surface area contributed by atoms with E-state index in [1.807, 2.05) is 11.0 Å². The van der Waals surface area contributed by atoms with E-state index in [9.17, 15) is 9.59 Å². The van der Waals surface area contributed by atoms with Crippen molar-refractivity contribution in [2.75, 3.05) is 38.2 Å². The van der Waals surface area contributed by atoms with E-state index in [-0.39, 0.29) is 0 Å². The van der Waals surface area contributed by atoms with Crippen molar-refractivity contribution < 1.29 is 19.4 Å². The van der Waals surface area contributed by atoms with Crippen molar-refractivity contribution in [2.24, 2.45) is 0 Å². The van der Waals surface area contributed by atoms with E-state index in [1.165, 1.54) is 18.1 Å². The van der Waals surface area contributed by atoms with E-state index in [0.717, 1.165) is 11.4 Å². The number of pyridine rings is 1. The molecule has 0 radical (unpaired) electrons. The molecule has 1 amide bonds. The van der Waals surface area contributed by atoms with Crippen LogP contribution in [0.2, 0.25) is 0 Å². The van der Waals surface area contributed by atoms with Gasteiger partial charge in [0.2, 0.25) is 0 Å². The highest BCUT2D eigenvalue weighted by molar-refractivity contribution is 5.87. The molecule has 7 heteroatoms. The molecule has 1 saturated heterocycles. The Labute approximate surface area is 122 Å². The van der Waals surface area contributed by atoms with Crippen LogP contribution in [0.5, 0.6) is 0 Å². The van der Waals surface area contributed by atoms with Crippen molar-refractivity contribution in [3.63, 3.8) is 0 Å². The van der Waals surface area contributed by atoms with Gasteiger partial charge in [0.15, 0.2) is 0 Å². The molecule has 0 atom stereocenters. The van der Waals surface area contributed by atoms with Crippen LogP contribution in [0.25, 0.3) is 6.08 Å². The number of hydrogen-bond acceptors (Lipinski definition) is 5. The maximum absolute atomic E-state index is 11.1. The zero-order chi connectivity index (χ0) is 15.2. The van der Waals surface area contributed by atoms with Gasteiger partial charge >= 0.3 is 12.1 Å². The van der Waals surface area contributed by atoms with E-state index in [4.69, 9.17) is 5.11 Å². The third-order valence-electron chi connectivity index (χ3n) is 3.26. The average molecular weight is 291 g/mol. The summed E-state index contributed by atoms with van der Waals surface area (Å²) in [6.45, 7) is 2.12. The van der Waals surface area contributed by atoms with Crippen molar-refractivity contribution in [1.29, 1.82) is 0 Å². The summed E-state index contributed by atoms with van der Waals surface area (Å²) in [6, 6.07) is 3.65. The van der Waals surface area contributed by atoms with Gasteiger partial charge in [-0.15, -0.1) is 0 Å². The third-order valence-corrected chi connectivity index (χ3v) is 3.26. The van der Waals surface area contributed by atoms with Crippen LogP contribution in [0.15, 0.2) is 24.4 Å². The molecule has 2 rings (SSSR count). The third kappa shape index (κ3) is 3.95. The van der Waals surface area contributed by atoms with Gasteiger partial charge in [-0.2, -0.15) is 0 Å². The monoisotopic (exact) mass is 291 g/mol. The van der Waals surface area contributed by atoms with E-state index in [0.29, 0.717) is 26.2 Å². The number of hydrogen-bond donors (Lipinski definition) is 1. The molecule has 0 saturated carbocycles. The molecule has 0 aliphatic carbocycles. The van der Waals surface area contributed by atoms with Gasteiger partial charge in [-0.3, -0.25) is 0 Å². The van der Waals surface area contributed by atoms with Gasteiger partial charge in [0.05, 0.1) is 7.11 Å². The first kappa shape index (κ1) is 14.8. The summed E-state index contributed by atoms with van der Waals surface area (Å²) in [5.41, 5.74) is 0.839. The molecule has 1 aromatic heterocycles. The number of esters is 1. The molecule has 1 aromatic rings. The van der Waals surface area contributed by atoms with Gasteiger partial charge in [0, 0.05) is 38.5 Å². The van der Waals surface area contributed by atoms with E-state index in [2.05, 4.69) is 9.72 Å². The SMILES string of the molecule is COC(=O)C=Cc1ccnc(N2CCN(C(=O)O)CC2)c1. The highest BCUT2D eigenvalue weighted by Gasteiger charge is 2.21. The normalized spacial score (nSPS) is 15.3. The number of rotatable bonds is 3. The predicted octanol–water partition coefficient (Wildman–Crippen LogP) is 1.07.